The Bertz CT molecular complexity index is 106. The summed E-state index contributed by atoms with van der Waals surface area (Å²) in [7, 11) is 0. The molecule has 0 saturated heterocycles. The smallest absolute Gasteiger partial charge is 0.148 e. The molecular formula is C8H14O2. The quantitative estimate of drug-likeness (QED) is 0.600. The topological polar surface area (TPSA) is 37.3 Å². The van der Waals surface area contributed by atoms with Crippen molar-refractivity contribution >= 4 is 6.29 Å². The van der Waals surface area contributed by atoms with Crippen LogP contribution in [0.4, 0.5) is 0 Å². The molecule has 0 heterocycles. The minimum absolute atomic E-state index is 0.611. The van der Waals surface area contributed by atoms with E-state index in [9.17, 15) is 4.79 Å². The van der Waals surface area contributed by atoms with Gasteiger partial charge in [-0.3, -0.25) is 0 Å². The monoisotopic (exact) mass is 142 g/mol. The molecule has 1 aliphatic carbocycles. The standard InChI is InChI=1S/C8H14O2/c9-6-8(10)5-7-3-1-2-4-7/h6-8,10H,1-5H2/t8-/m0/s1. The first-order valence-electron chi connectivity index (χ1n) is 3.96. The number of hydrogen-bond acceptors (Lipinski definition) is 2. The van der Waals surface area contributed by atoms with Crippen LogP contribution in [0.5, 0.6) is 0 Å². The predicted molar refractivity (Wildman–Crippen MR) is 38.6 cm³/mol. The molecule has 0 aromatic rings. The highest BCUT2D eigenvalue weighted by atomic mass is 16.3. The van der Waals surface area contributed by atoms with E-state index < -0.39 is 6.10 Å². The Morgan fingerprint density at radius 1 is 1.50 bits per heavy atom. The summed E-state index contributed by atoms with van der Waals surface area (Å²) in [4.78, 5) is 10.0. The fourth-order valence-electron chi connectivity index (χ4n) is 1.64. The third-order valence-electron chi connectivity index (χ3n) is 2.21. The summed E-state index contributed by atoms with van der Waals surface area (Å²) in [5.74, 6) is 0.611. The molecule has 0 spiro atoms. The molecule has 0 aromatic heterocycles. The molecular weight excluding hydrogens is 128 g/mol. The summed E-state index contributed by atoms with van der Waals surface area (Å²) in [5, 5.41) is 8.95. The SMILES string of the molecule is O=C[C@@H](O)CC1CCCC1. The van der Waals surface area contributed by atoms with Crippen LogP contribution in [0.3, 0.4) is 0 Å². The molecule has 10 heavy (non-hydrogen) atoms. The highest BCUT2D eigenvalue weighted by molar-refractivity contribution is 5.55. The molecule has 1 rings (SSSR count). The predicted octanol–water partition coefficient (Wildman–Crippen LogP) is 1.13. The maximum atomic E-state index is 10.0. The van der Waals surface area contributed by atoms with Crippen LogP contribution in [0.15, 0.2) is 0 Å². The highest BCUT2D eigenvalue weighted by Gasteiger charge is 2.17. The van der Waals surface area contributed by atoms with Crippen molar-refractivity contribution in [3.63, 3.8) is 0 Å². The van der Waals surface area contributed by atoms with Crippen LogP contribution in [0, 0.1) is 5.92 Å². The number of carbonyl (C=O) groups is 1. The average Bonchev–Trinajstić information content (AvgIpc) is 2.40. The molecule has 1 saturated carbocycles. The second-order valence-electron chi connectivity index (χ2n) is 3.09. The van der Waals surface area contributed by atoms with Crippen molar-refractivity contribution in [2.75, 3.05) is 0 Å². The van der Waals surface area contributed by atoms with Crippen LogP contribution in [0.25, 0.3) is 0 Å². The molecule has 2 nitrogen and oxygen atoms in total. The van der Waals surface area contributed by atoms with E-state index in [1.807, 2.05) is 0 Å². The zero-order chi connectivity index (χ0) is 7.40. The van der Waals surface area contributed by atoms with E-state index in [0.29, 0.717) is 18.6 Å². The zero-order valence-electron chi connectivity index (χ0n) is 6.12. The minimum atomic E-state index is -0.705. The average molecular weight is 142 g/mol. The van der Waals surface area contributed by atoms with E-state index in [4.69, 9.17) is 5.11 Å². The van der Waals surface area contributed by atoms with Gasteiger partial charge in [0.1, 0.15) is 12.4 Å². The molecule has 0 aliphatic heterocycles. The molecule has 0 radical (unpaired) electrons. The lowest BCUT2D eigenvalue weighted by molar-refractivity contribution is -0.115. The van der Waals surface area contributed by atoms with Gasteiger partial charge in [0.15, 0.2) is 0 Å². The van der Waals surface area contributed by atoms with Crippen LogP contribution >= 0.6 is 0 Å². The summed E-state index contributed by atoms with van der Waals surface area (Å²) < 4.78 is 0. The van der Waals surface area contributed by atoms with Crippen LogP contribution in [-0.4, -0.2) is 17.5 Å². The summed E-state index contributed by atoms with van der Waals surface area (Å²) in [6.45, 7) is 0. The first-order valence-corrected chi connectivity index (χ1v) is 3.96. The van der Waals surface area contributed by atoms with Crippen molar-refractivity contribution in [2.45, 2.75) is 38.2 Å². The molecule has 1 aliphatic rings. The number of hydrogen-bond donors (Lipinski definition) is 1. The number of rotatable bonds is 3. The van der Waals surface area contributed by atoms with Crippen LogP contribution in [0.2, 0.25) is 0 Å². The van der Waals surface area contributed by atoms with E-state index in [1.54, 1.807) is 0 Å². The van der Waals surface area contributed by atoms with Crippen molar-refractivity contribution in [1.82, 2.24) is 0 Å². The van der Waals surface area contributed by atoms with Crippen LogP contribution in [-0.2, 0) is 4.79 Å². The van der Waals surface area contributed by atoms with Crippen molar-refractivity contribution in [3.05, 3.63) is 0 Å². The summed E-state index contributed by atoms with van der Waals surface area (Å²) in [6, 6.07) is 0. The summed E-state index contributed by atoms with van der Waals surface area (Å²) >= 11 is 0. The van der Waals surface area contributed by atoms with Gasteiger partial charge in [0.05, 0.1) is 0 Å². The Labute approximate surface area is 61.2 Å². The normalized spacial score (nSPS) is 22.9. The number of aldehydes is 1. The summed E-state index contributed by atoms with van der Waals surface area (Å²) in [6.07, 6.45) is 5.56. The zero-order valence-corrected chi connectivity index (χ0v) is 6.12. The Kier molecular flexibility index (Phi) is 2.87. The molecule has 0 unspecified atom stereocenters. The highest BCUT2D eigenvalue weighted by Crippen LogP contribution is 2.28. The Balaban J connectivity index is 2.17. The Morgan fingerprint density at radius 3 is 2.60 bits per heavy atom. The van der Waals surface area contributed by atoms with Gasteiger partial charge in [-0.2, -0.15) is 0 Å². The van der Waals surface area contributed by atoms with Crippen molar-refractivity contribution in [2.24, 2.45) is 5.92 Å². The van der Waals surface area contributed by atoms with Gasteiger partial charge >= 0.3 is 0 Å². The van der Waals surface area contributed by atoms with Crippen molar-refractivity contribution in [1.29, 1.82) is 0 Å². The summed E-state index contributed by atoms with van der Waals surface area (Å²) in [5.41, 5.74) is 0. The molecule has 1 atom stereocenters. The first kappa shape index (κ1) is 7.73. The lowest BCUT2D eigenvalue weighted by atomic mass is 10.0. The Hall–Kier alpha value is -0.370. The fraction of sp³-hybridized carbons (Fsp3) is 0.875. The lowest BCUT2D eigenvalue weighted by Gasteiger charge is -2.08. The number of aliphatic hydroxyl groups is 1. The van der Waals surface area contributed by atoms with Crippen LogP contribution in [0.1, 0.15) is 32.1 Å². The largest absolute Gasteiger partial charge is 0.386 e. The van der Waals surface area contributed by atoms with E-state index in [0.717, 1.165) is 0 Å². The van der Waals surface area contributed by atoms with Gasteiger partial charge in [0, 0.05) is 0 Å². The number of aliphatic hydroxyl groups excluding tert-OH is 1. The van der Waals surface area contributed by atoms with Crippen molar-refractivity contribution in [3.8, 4) is 0 Å². The van der Waals surface area contributed by atoms with E-state index >= 15 is 0 Å². The van der Waals surface area contributed by atoms with Crippen molar-refractivity contribution < 1.29 is 9.90 Å². The fourth-order valence-corrected chi connectivity index (χ4v) is 1.64. The molecule has 0 amide bonds. The van der Waals surface area contributed by atoms with Gasteiger partial charge in [-0.15, -0.1) is 0 Å². The maximum absolute atomic E-state index is 10.0. The molecule has 0 bridgehead atoms. The van der Waals surface area contributed by atoms with Gasteiger partial charge in [-0.05, 0) is 12.3 Å². The van der Waals surface area contributed by atoms with Gasteiger partial charge in [0.2, 0.25) is 0 Å². The number of carbonyl (C=O) groups excluding carboxylic acids is 1. The van der Waals surface area contributed by atoms with E-state index in [1.165, 1.54) is 25.7 Å². The van der Waals surface area contributed by atoms with Gasteiger partial charge < -0.3 is 9.90 Å². The van der Waals surface area contributed by atoms with Gasteiger partial charge in [-0.25, -0.2) is 0 Å². The third-order valence-corrected chi connectivity index (χ3v) is 2.21. The van der Waals surface area contributed by atoms with Gasteiger partial charge in [-0.1, -0.05) is 25.7 Å². The lowest BCUT2D eigenvalue weighted by Crippen LogP contribution is -2.12. The maximum Gasteiger partial charge on any atom is 0.148 e. The van der Waals surface area contributed by atoms with Crippen LogP contribution < -0.4 is 0 Å². The molecule has 58 valence electrons. The second kappa shape index (κ2) is 3.71. The molecule has 1 fully saturated rings. The first-order chi connectivity index (χ1) is 4.83. The van der Waals surface area contributed by atoms with E-state index in [-0.39, 0.29) is 0 Å². The molecule has 0 aromatic carbocycles. The minimum Gasteiger partial charge on any atom is -0.386 e. The molecule has 2 heteroatoms. The second-order valence-corrected chi connectivity index (χ2v) is 3.09. The Morgan fingerprint density at radius 2 is 2.10 bits per heavy atom. The van der Waals surface area contributed by atoms with Gasteiger partial charge in [0.25, 0.3) is 0 Å². The third kappa shape index (κ3) is 2.10. The molecule has 1 N–H and O–H groups in total. The van der Waals surface area contributed by atoms with E-state index in [2.05, 4.69) is 0 Å².